The number of sulfone groups is 1. The van der Waals surface area contributed by atoms with Crippen LogP contribution in [-0.4, -0.2) is 59.2 Å². The van der Waals surface area contributed by atoms with Crippen LogP contribution in [0.15, 0.2) is 64.1 Å². The van der Waals surface area contributed by atoms with E-state index < -0.39 is 34.4 Å². The summed E-state index contributed by atoms with van der Waals surface area (Å²) in [7, 11) is -3.64. The summed E-state index contributed by atoms with van der Waals surface area (Å²) in [4.78, 5) is 0. The van der Waals surface area contributed by atoms with Crippen molar-refractivity contribution in [3.05, 3.63) is 75.3 Å². The zero-order valence-corrected chi connectivity index (χ0v) is 19.2. The van der Waals surface area contributed by atoms with Gasteiger partial charge >= 0.3 is 0 Å². The summed E-state index contributed by atoms with van der Waals surface area (Å²) in [6.45, 7) is -1.11. The highest BCUT2D eigenvalue weighted by Crippen LogP contribution is 2.34. The Morgan fingerprint density at radius 3 is 2.52 bits per heavy atom. The second kappa shape index (κ2) is 10.1. The van der Waals surface area contributed by atoms with Gasteiger partial charge in [-0.15, -0.1) is 0 Å². The molecule has 0 spiro atoms. The van der Waals surface area contributed by atoms with E-state index in [1.54, 1.807) is 18.2 Å². The highest BCUT2D eigenvalue weighted by Gasteiger charge is 2.40. The van der Waals surface area contributed by atoms with E-state index in [1.807, 2.05) is 36.4 Å². The minimum Gasteiger partial charge on any atom is -0.507 e. The van der Waals surface area contributed by atoms with Crippen LogP contribution in [0.25, 0.3) is 11.6 Å². The molecule has 4 N–H and O–H groups in total. The lowest BCUT2D eigenvalue weighted by atomic mass is 9.92. The van der Waals surface area contributed by atoms with E-state index in [9.17, 15) is 28.8 Å². The van der Waals surface area contributed by atoms with Gasteiger partial charge in [-0.2, -0.15) is 0 Å². The minimum absolute atomic E-state index is 0.115. The molecule has 31 heavy (non-hydrogen) atoms. The molecule has 1 aliphatic heterocycles. The Morgan fingerprint density at radius 1 is 1.16 bits per heavy atom. The predicted octanol–water partition coefficient (Wildman–Crippen LogP) is 2.91. The summed E-state index contributed by atoms with van der Waals surface area (Å²) in [5.74, 6) is -0.237. The summed E-state index contributed by atoms with van der Waals surface area (Å²) in [6, 6.07) is 14.6. The number of rotatable bonds is 8. The summed E-state index contributed by atoms with van der Waals surface area (Å²) in [5, 5.41) is 39.0. The maximum atomic E-state index is 12.3. The molecule has 0 saturated heterocycles. The van der Waals surface area contributed by atoms with Crippen molar-refractivity contribution in [1.82, 2.24) is 0 Å². The van der Waals surface area contributed by atoms with Crippen molar-refractivity contribution in [3.8, 4) is 5.75 Å². The maximum Gasteiger partial charge on any atom is 0.163 e. The van der Waals surface area contributed by atoms with Crippen LogP contribution in [0.1, 0.15) is 24.0 Å². The van der Waals surface area contributed by atoms with Crippen molar-refractivity contribution < 1.29 is 28.8 Å². The first-order valence-corrected chi connectivity index (χ1v) is 12.3. The van der Waals surface area contributed by atoms with Crippen molar-refractivity contribution in [1.29, 1.82) is 0 Å². The van der Waals surface area contributed by atoms with E-state index in [2.05, 4.69) is 15.9 Å². The quantitative estimate of drug-likeness (QED) is 0.322. The fourth-order valence-electron chi connectivity index (χ4n) is 3.88. The number of benzene rings is 2. The molecule has 0 fully saturated rings. The van der Waals surface area contributed by atoms with Gasteiger partial charge in [-0.3, -0.25) is 0 Å². The molecule has 0 aliphatic carbocycles. The van der Waals surface area contributed by atoms with Gasteiger partial charge in [-0.25, -0.2) is 8.42 Å². The van der Waals surface area contributed by atoms with Crippen molar-refractivity contribution in [3.63, 3.8) is 0 Å². The first-order valence-electron chi connectivity index (χ1n) is 9.84. The standard InChI is InChI=1S/C23H25BrO6S/c24-19-7-9-20(27)17(11-19)10-16(15-4-2-1-3-5-15)6-8-21(28)23-18(12-25)14-31(29,30)22(23)13-26/h1-5,7,9-11,21-22,25-28H,6,8,12-14H2/b16-10-/t21-,22+/m1/s1. The second-order valence-electron chi connectivity index (χ2n) is 7.49. The summed E-state index contributed by atoms with van der Waals surface area (Å²) in [6.07, 6.45) is 1.29. The molecule has 6 nitrogen and oxygen atoms in total. The van der Waals surface area contributed by atoms with Gasteiger partial charge in [-0.1, -0.05) is 46.3 Å². The zero-order chi connectivity index (χ0) is 22.6. The fraction of sp³-hybridized carbons (Fsp3) is 0.304. The molecule has 0 unspecified atom stereocenters. The zero-order valence-electron chi connectivity index (χ0n) is 16.8. The Labute approximate surface area is 190 Å². The molecule has 0 saturated carbocycles. The van der Waals surface area contributed by atoms with Gasteiger partial charge in [0, 0.05) is 10.0 Å². The Morgan fingerprint density at radius 2 is 1.87 bits per heavy atom. The average molecular weight is 509 g/mol. The topological polar surface area (TPSA) is 115 Å². The lowest BCUT2D eigenvalue weighted by Gasteiger charge is -2.19. The number of aliphatic hydroxyl groups excluding tert-OH is 3. The Hall–Kier alpha value is -1.97. The minimum atomic E-state index is -3.64. The van der Waals surface area contributed by atoms with E-state index in [-0.39, 0.29) is 29.1 Å². The third kappa shape index (κ3) is 5.45. The molecule has 0 aromatic heterocycles. The maximum absolute atomic E-state index is 12.3. The molecule has 0 amide bonds. The predicted molar refractivity (Wildman–Crippen MR) is 124 cm³/mol. The molecular weight excluding hydrogens is 484 g/mol. The Bertz CT molecular complexity index is 1090. The second-order valence-corrected chi connectivity index (χ2v) is 10.6. The molecule has 3 rings (SSSR count). The summed E-state index contributed by atoms with van der Waals surface area (Å²) >= 11 is 3.40. The van der Waals surface area contributed by atoms with Gasteiger partial charge in [0.15, 0.2) is 9.84 Å². The molecule has 2 atom stereocenters. The van der Waals surface area contributed by atoms with Crippen molar-refractivity contribution in [2.24, 2.45) is 0 Å². The van der Waals surface area contributed by atoms with Crippen molar-refractivity contribution >= 4 is 37.4 Å². The molecule has 2 aromatic rings. The number of aromatic hydroxyl groups is 1. The number of phenolic OH excluding ortho intramolecular Hbond substituents is 1. The number of hydrogen-bond donors (Lipinski definition) is 4. The van der Waals surface area contributed by atoms with Gasteiger partial charge in [0.05, 0.1) is 25.1 Å². The lowest BCUT2D eigenvalue weighted by Crippen LogP contribution is -2.29. The Kier molecular flexibility index (Phi) is 7.72. The fourth-order valence-corrected chi connectivity index (χ4v) is 6.14. The summed E-state index contributed by atoms with van der Waals surface area (Å²) < 4.78 is 25.4. The molecule has 0 bridgehead atoms. The van der Waals surface area contributed by atoms with Crippen molar-refractivity contribution in [2.45, 2.75) is 24.2 Å². The van der Waals surface area contributed by atoms with Gasteiger partial charge in [0.25, 0.3) is 0 Å². The largest absolute Gasteiger partial charge is 0.507 e. The number of aliphatic hydroxyl groups is 3. The van der Waals surface area contributed by atoms with E-state index in [1.165, 1.54) is 0 Å². The number of allylic oxidation sites excluding steroid dienone is 1. The van der Waals surface area contributed by atoms with Crippen LogP contribution in [0.4, 0.5) is 0 Å². The normalized spacial score (nSPS) is 19.6. The smallest absolute Gasteiger partial charge is 0.163 e. The van der Waals surface area contributed by atoms with E-state index in [0.717, 1.165) is 15.6 Å². The van der Waals surface area contributed by atoms with Crippen LogP contribution < -0.4 is 0 Å². The number of hydrogen-bond acceptors (Lipinski definition) is 6. The van der Waals surface area contributed by atoms with Crippen LogP contribution in [0.5, 0.6) is 5.75 Å². The number of halogens is 1. The highest BCUT2D eigenvalue weighted by atomic mass is 79.9. The van der Waals surface area contributed by atoms with Crippen LogP contribution in [0.3, 0.4) is 0 Å². The monoisotopic (exact) mass is 508 g/mol. The van der Waals surface area contributed by atoms with Gasteiger partial charge in [0.2, 0.25) is 0 Å². The third-order valence-electron chi connectivity index (χ3n) is 5.43. The van der Waals surface area contributed by atoms with Gasteiger partial charge < -0.3 is 20.4 Å². The molecule has 1 heterocycles. The SMILES string of the molecule is O=S1(=O)CC(CO)=C([C@H](O)CC/C(=C/c2cc(Br)ccc2O)c2ccccc2)[C@@H]1CO. The third-order valence-corrected chi connectivity index (χ3v) is 7.94. The molecule has 1 aliphatic rings. The molecule has 0 radical (unpaired) electrons. The van der Waals surface area contributed by atoms with E-state index in [0.29, 0.717) is 12.0 Å². The van der Waals surface area contributed by atoms with Gasteiger partial charge in [0.1, 0.15) is 11.0 Å². The lowest BCUT2D eigenvalue weighted by molar-refractivity contribution is 0.188. The first kappa shape index (κ1) is 23.7. The molecule has 166 valence electrons. The van der Waals surface area contributed by atoms with E-state index in [4.69, 9.17) is 0 Å². The number of phenols is 1. The summed E-state index contributed by atoms with van der Waals surface area (Å²) in [5.41, 5.74) is 2.81. The molecular formula is C23H25BrO6S. The van der Waals surface area contributed by atoms with Crippen LogP contribution in [0.2, 0.25) is 0 Å². The van der Waals surface area contributed by atoms with Crippen LogP contribution in [-0.2, 0) is 9.84 Å². The molecule has 8 heteroatoms. The first-order chi connectivity index (χ1) is 14.8. The van der Waals surface area contributed by atoms with E-state index >= 15 is 0 Å². The molecule has 2 aromatic carbocycles. The van der Waals surface area contributed by atoms with Crippen LogP contribution >= 0.6 is 15.9 Å². The van der Waals surface area contributed by atoms with Crippen LogP contribution in [0, 0.1) is 0 Å². The average Bonchev–Trinajstić information content (AvgIpc) is 3.03. The van der Waals surface area contributed by atoms with Gasteiger partial charge in [-0.05, 0) is 59.4 Å². The highest BCUT2D eigenvalue weighted by molar-refractivity contribution is 9.10. The van der Waals surface area contributed by atoms with Crippen molar-refractivity contribution in [2.75, 3.05) is 19.0 Å². The Balaban J connectivity index is 1.91.